The highest BCUT2D eigenvalue weighted by Gasteiger charge is 2.46. The van der Waals surface area contributed by atoms with Crippen LogP contribution in [-0.4, -0.2) is 17.1 Å². The van der Waals surface area contributed by atoms with Crippen LogP contribution in [0.3, 0.4) is 0 Å². The minimum Gasteiger partial charge on any atom is -0.481 e. The molecule has 1 aliphatic rings. The fraction of sp³-hybridized carbons (Fsp3) is 0.278. The molecule has 21 heavy (non-hydrogen) atoms. The smallest absolute Gasteiger partial charge is 0.314 e. The van der Waals surface area contributed by atoms with Crippen molar-refractivity contribution in [3.8, 4) is 0 Å². The highest BCUT2D eigenvalue weighted by atomic mass is 16.4. The third-order valence-corrected chi connectivity index (χ3v) is 4.39. The summed E-state index contributed by atoms with van der Waals surface area (Å²) in [7, 11) is 0. The van der Waals surface area contributed by atoms with E-state index in [1.807, 2.05) is 60.7 Å². The van der Waals surface area contributed by atoms with Crippen LogP contribution in [0.15, 0.2) is 60.7 Å². The summed E-state index contributed by atoms with van der Waals surface area (Å²) in [5, 5.41) is 13.2. The van der Waals surface area contributed by atoms with Crippen LogP contribution >= 0.6 is 0 Å². The molecule has 108 valence electrons. The molecule has 0 aliphatic heterocycles. The average Bonchev–Trinajstić information content (AvgIpc) is 2.94. The molecule has 0 aromatic heterocycles. The molecule has 3 rings (SSSR count). The van der Waals surface area contributed by atoms with Crippen molar-refractivity contribution in [2.75, 3.05) is 5.32 Å². The predicted octanol–water partition coefficient (Wildman–Crippen LogP) is 3.67. The number of carboxylic acid groups (broad SMARTS) is 1. The fourth-order valence-electron chi connectivity index (χ4n) is 3.28. The van der Waals surface area contributed by atoms with Gasteiger partial charge in [-0.25, -0.2) is 0 Å². The van der Waals surface area contributed by atoms with Crippen molar-refractivity contribution in [2.45, 2.75) is 30.7 Å². The van der Waals surface area contributed by atoms with Gasteiger partial charge in [0.15, 0.2) is 0 Å². The first kappa shape index (κ1) is 13.7. The Bertz CT molecular complexity index is 612. The Morgan fingerprint density at radius 1 is 1.05 bits per heavy atom. The predicted molar refractivity (Wildman–Crippen MR) is 83.5 cm³/mol. The third-order valence-electron chi connectivity index (χ3n) is 4.39. The van der Waals surface area contributed by atoms with E-state index in [4.69, 9.17) is 0 Å². The van der Waals surface area contributed by atoms with Gasteiger partial charge in [0.25, 0.3) is 0 Å². The second-order valence-electron chi connectivity index (χ2n) is 5.70. The monoisotopic (exact) mass is 281 g/mol. The molecule has 0 unspecified atom stereocenters. The Hall–Kier alpha value is -2.29. The zero-order chi connectivity index (χ0) is 14.7. The highest BCUT2D eigenvalue weighted by molar-refractivity contribution is 5.82. The molecule has 0 heterocycles. The molecule has 1 saturated carbocycles. The summed E-state index contributed by atoms with van der Waals surface area (Å²) in [6, 6.07) is 19.8. The van der Waals surface area contributed by atoms with E-state index in [1.165, 1.54) is 0 Å². The van der Waals surface area contributed by atoms with E-state index in [2.05, 4.69) is 5.32 Å². The summed E-state index contributed by atoms with van der Waals surface area (Å²) in [5.41, 5.74) is 1.21. The van der Waals surface area contributed by atoms with Gasteiger partial charge in [-0.1, -0.05) is 48.5 Å². The molecule has 3 heteroatoms. The number of anilines is 1. The van der Waals surface area contributed by atoms with E-state index in [0.717, 1.165) is 17.7 Å². The normalized spacial score (nSPS) is 24.7. The first-order valence-corrected chi connectivity index (χ1v) is 7.31. The second-order valence-corrected chi connectivity index (χ2v) is 5.70. The van der Waals surface area contributed by atoms with Crippen LogP contribution < -0.4 is 5.32 Å². The largest absolute Gasteiger partial charge is 0.481 e. The quantitative estimate of drug-likeness (QED) is 0.899. The van der Waals surface area contributed by atoms with Crippen molar-refractivity contribution in [1.29, 1.82) is 0 Å². The Morgan fingerprint density at radius 3 is 2.29 bits per heavy atom. The average molecular weight is 281 g/mol. The van der Waals surface area contributed by atoms with E-state index in [0.29, 0.717) is 12.8 Å². The van der Waals surface area contributed by atoms with Gasteiger partial charge < -0.3 is 10.4 Å². The van der Waals surface area contributed by atoms with Crippen molar-refractivity contribution < 1.29 is 9.90 Å². The van der Waals surface area contributed by atoms with Crippen LogP contribution in [-0.2, 0) is 10.2 Å². The van der Waals surface area contributed by atoms with Gasteiger partial charge in [0.2, 0.25) is 0 Å². The van der Waals surface area contributed by atoms with Crippen LogP contribution in [0.4, 0.5) is 5.69 Å². The molecule has 0 amide bonds. The minimum absolute atomic E-state index is 0.198. The van der Waals surface area contributed by atoms with Crippen LogP contribution in [0, 0.1) is 0 Å². The van der Waals surface area contributed by atoms with E-state index >= 15 is 0 Å². The summed E-state index contributed by atoms with van der Waals surface area (Å²) in [4.78, 5) is 11.9. The van der Waals surface area contributed by atoms with Crippen LogP contribution in [0.5, 0.6) is 0 Å². The number of para-hydroxylation sites is 1. The van der Waals surface area contributed by atoms with Crippen molar-refractivity contribution in [1.82, 2.24) is 0 Å². The van der Waals surface area contributed by atoms with Gasteiger partial charge in [0.05, 0.1) is 5.41 Å². The molecular formula is C18H19NO2. The third kappa shape index (κ3) is 2.64. The van der Waals surface area contributed by atoms with Crippen molar-refractivity contribution >= 4 is 11.7 Å². The molecule has 2 atom stereocenters. The Labute approximate surface area is 124 Å². The number of rotatable bonds is 4. The fourth-order valence-corrected chi connectivity index (χ4v) is 3.28. The van der Waals surface area contributed by atoms with Crippen molar-refractivity contribution in [3.63, 3.8) is 0 Å². The van der Waals surface area contributed by atoms with E-state index < -0.39 is 11.4 Å². The van der Waals surface area contributed by atoms with Gasteiger partial charge in [-0.3, -0.25) is 4.79 Å². The number of hydrogen-bond donors (Lipinski definition) is 2. The first-order chi connectivity index (χ1) is 10.2. The molecular weight excluding hydrogens is 262 g/mol. The topological polar surface area (TPSA) is 49.3 Å². The van der Waals surface area contributed by atoms with Gasteiger partial charge in [0.1, 0.15) is 0 Å². The van der Waals surface area contributed by atoms with E-state index in [9.17, 15) is 9.90 Å². The minimum atomic E-state index is -0.756. The molecule has 1 aliphatic carbocycles. The SMILES string of the molecule is O=C(O)[C@@]1(c2ccccc2)CC[C@H](Nc2ccccc2)C1. The maximum absolute atomic E-state index is 11.9. The Kier molecular flexibility index (Phi) is 3.65. The Morgan fingerprint density at radius 2 is 1.67 bits per heavy atom. The lowest BCUT2D eigenvalue weighted by atomic mass is 9.79. The molecule has 3 nitrogen and oxygen atoms in total. The molecule has 2 N–H and O–H groups in total. The number of nitrogens with one attached hydrogen (secondary N) is 1. The molecule has 0 radical (unpaired) electrons. The standard InChI is InChI=1S/C18H19NO2/c20-17(21)18(14-7-3-1-4-8-14)12-11-16(13-18)19-15-9-5-2-6-10-15/h1-10,16,19H,11-13H2,(H,20,21)/t16-,18-/m0/s1. The lowest BCUT2D eigenvalue weighted by Crippen LogP contribution is -2.34. The summed E-state index contributed by atoms with van der Waals surface area (Å²) < 4.78 is 0. The molecule has 0 bridgehead atoms. The molecule has 0 spiro atoms. The molecule has 1 fully saturated rings. The van der Waals surface area contributed by atoms with Gasteiger partial charge in [0, 0.05) is 11.7 Å². The Balaban J connectivity index is 1.81. The van der Waals surface area contributed by atoms with E-state index in [-0.39, 0.29) is 6.04 Å². The maximum atomic E-state index is 11.9. The zero-order valence-corrected chi connectivity index (χ0v) is 11.8. The summed E-state index contributed by atoms with van der Waals surface area (Å²) >= 11 is 0. The van der Waals surface area contributed by atoms with Crippen molar-refractivity contribution in [3.05, 3.63) is 66.2 Å². The van der Waals surface area contributed by atoms with Gasteiger partial charge in [-0.05, 0) is 37.0 Å². The number of carbonyl (C=O) groups is 1. The number of aliphatic carboxylic acids is 1. The van der Waals surface area contributed by atoms with Crippen molar-refractivity contribution in [2.24, 2.45) is 0 Å². The van der Waals surface area contributed by atoms with Crippen LogP contribution in [0.1, 0.15) is 24.8 Å². The van der Waals surface area contributed by atoms with Crippen LogP contribution in [0.25, 0.3) is 0 Å². The molecule has 2 aromatic rings. The summed E-state index contributed by atoms with van der Waals surface area (Å²) in [5.74, 6) is -0.717. The number of benzene rings is 2. The molecule has 0 saturated heterocycles. The summed E-state index contributed by atoms with van der Waals surface area (Å²) in [6.07, 6.45) is 2.17. The van der Waals surface area contributed by atoms with Crippen LogP contribution in [0.2, 0.25) is 0 Å². The first-order valence-electron chi connectivity index (χ1n) is 7.31. The zero-order valence-electron chi connectivity index (χ0n) is 11.8. The maximum Gasteiger partial charge on any atom is 0.314 e. The lowest BCUT2D eigenvalue weighted by Gasteiger charge is -2.25. The number of carboxylic acids is 1. The van der Waals surface area contributed by atoms with Gasteiger partial charge >= 0.3 is 5.97 Å². The van der Waals surface area contributed by atoms with Gasteiger partial charge in [-0.15, -0.1) is 0 Å². The van der Waals surface area contributed by atoms with E-state index in [1.54, 1.807) is 0 Å². The lowest BCUT2D eigenvalue weighted by molar-refractivity contribution is -0.143. The second kappa shape index (κ2) is 5.60. The number of hydrogen-bond acceptors (Lipinski definition) is 2. The van der Waals surface area contributed by atoms with Gasteiger partial charge in [-0.2, -0.15) is 0 Å². The molecule has 2 aromatic carbocycles. The highest BCUT2D eigenvalue weighted by Crippen LogP contribution is 2.42. The summed E-state index contributed by atoms with van der Waals surface area (Å²) in [6.45, 7) is 0.